The highest BCUT2D eigenvalue weighted by Crippen LogP contribution is 2.40. The first-order valence-corrected chi connectivity index (χ1v) is 7.21. The molecule has 1 aliphatic carbocycles. The monoisotopic (exact) mass is 241 g/mol. The minimum atomic E-state index is 0.120. The number of hydrogen-bond donors (Lipinski definition) is 1. The van der Waals surface area contributed by atoms with Gasteiger partial charge in [0.05, 0.1) is 11.7 Å². The van der Waals surface area contributed by atoms with Crippen molar-refractivity contribution in [3.8, 4) is 0 Å². The van der Waals surface area contributed by atoms with Crippen LogP contribution in [-0.2, 0) is 9.47 Å². The molecule has 100 valence electrons. The number of nitrogens with one attached hydrogen (secondary N) is 1. The molecule has 0 aromatic heterocycles. The smallest absolute Gasteiger partial charge is 0.0831 e. The third-order valence-corrected chi connectivity index (χ3v) is 4.49. The van der Waals surface area contributed by atoms with E-state index in [1.165, 1.54) is 44.9 Å². The largest absolute Gasteiger partial charge is 0.378 e. The number of likely N-dealkylation sites (N-methyl/N-ethyl adjacent to an activating group) is 1. The Labute approximate surface area is 105 Å². The molecule has 2 aliphatic rings. The van der Waals surface area contributed by atoms with Crippen molar-refractivity contribution in [2.24, 2.45) is 0 Å². The Balaban J connectivity index is 1.83. The van der Waals surface area contributed by atoms with Crippen LogP contribution >= 0.6 is 0 Å². The number of hydrogen-bond acceptors (Lipinski definition) is 3. The zero-order valence-corrected chi connectivity index (χ0v) is 11.3. The Morgan fingerprint density at radius 2 is 2.24 bits per heavy atom. The van der Waals surface area contributed by atoms with Gasteiger partial charge in [0.25, 0.3) is 0 Å². The summed E-state index contributed by atoms with van der Waals surface area (Å²) < 4.78 is 11.5. The second-order valence-electron chi connectivity index (χ2n) is 5.45. The fraction of sp³-hybridized carbons (Fsp3) is 1.00. The van der Waals surface area contributed by atoms with Crippen molar-refractivity contribution in [3.05, 3.63) is 0 Å². The molecule has 2 fully saturated rings. The lowest BCUT2D eigenvalue weighted by Gasteiger charge is -2.47. The fourth-order valence-electron chi connectivity index (χ4n) is 3.24. The Morgan fingerprint density at radius 1 is 1.41 bits per heavy atom. The summed E-state index contributed by atoms with van der Waals surface area (Å²) in [7, 11) is 1.87. The lowest BCUT2D eigenvalue weighted by Crippen LogP contribution is -2.56. The van der Waals surface area contributed by atoms with Crippen LogP contribution in [0, 0.1) is 0 Å². The van der Waals surface area contributed by atoms with Gasteiger partial charge in [-0.25, -0.2) is 0 Å². The van der Waals surface area contributed by atoms with Crippen LogP contribution in [0.25, 0.3) is 0 Å². The molecule has 17 heavy (non-hydrogen) atoms. The van der Waals surface area contributed by atoms with Crippen molar-refractivity contribution in [3.63, 3.8) is 0 Å². The molecule has 0 bridgehead atoms. The van der Waals surface area contributed by atoms with Gasteiger partial charge in [-0.15, -0.1) is 0 Å². The molecule has 1 aliphatic heterocycles. The van der Waals surface area contributed by atoms with Crippen molar-refractivity contribution < 1.29 is 9.47 Å². The summed E-state index contributed by atoms with van der Waals surface area (Å²) in [6.45, 7) is 4.17. The Bertz CT molecular complexity index is 217. The second kappa shape index (κ2) is 6.17. The normalized spacial score (nSPS) is 28.9. The number of methoxy groups -OCH3 is 1. The molecule has 2 unspecified atom stereocenters. The molecule has 1 saturated heterocycles. The first kappa shape index (κ1) is 13.3. The molecule has 0 amide bonds. The highest BCUT2D eigenvalue weighted by atomic mass is 16.5. The van der Waals surface area contributed by atoms with E-state index in [0.29, 0.717) is 12.1 Å². The third-order valence-electron chi connectivity index (χ3n) is 4.49. The number of rotatable bonds is 7. The zero-order chi connectivity index (χ0) is 12.1. The van der Waals surface area contributed by atoms with Crippen molar-refractivity contribution in [2.45, 2.75) is 69.6 Å². The van der Waals surface area contributed by atoms with Crippen molar-refractivity contribution in [1.82, 2.24) is 5.32 Å². The van der Waals surface area contributed by atoms with E-state index >= 15 is 0 Å². The predicted octanol–water partition coefficient (Wildman–Crippen LogP) is 2.49. The van der Waals surface area contributed by atoms with Crippen LogP contribution in [-0.4, -0.2) is 38.0 Å². The van der Waals surface area contributed by atoms with Crippen LogP contribution in [0.3, 0.4) is 0 Å². The molecule has 1 N–H and O–H groups in total. The van der Waals surface area contributed by atoms with E-state index in [9.17, 15) is 0 Å². The van der Waals surface area contributed by atoms with E-state index in [1.54, 1.807) is 0 Å². The van der Waals surface area contributed by atoms with Gasteiger partial charge in [0, 0.05) is 19.8 Å². The van der Waals surface area contributed by atoms with Gasteiger partial charge in [-0.1, -0.05) is 6.92 Å². The maximum Gasteiger partial charge on any atom is 0.0831 e. The Morgan fingerprint density at radius 3 is 2.71 bits per heavy atom. The van der Waals surface area contributed by atoms with Gasteiger partial charge in [0.15, 0.2) is 0 Å². The van der Waals surface area contributed by atoms with Crippen LogP contribution in [0.4, 0.5) is 0 Å². The van der Waals surface area contributed by atoms with E-state index < -0.39 is 0 Å². The molecule has 0 spiro atoms. The highest BCUT2D eigenvalue weighted by molar-refractivity contribution is 4.99. The molecule has 1 saturated carbocycles. The molecule has 0 radical (unpaired) electrons. The van der Waals surface area contributed by atoms with Crippen molar-refractivity contribution >= 4 is 0 Å². The Kier molecular flexibility index (Phi) is 4.83. The van der Waals surface area contributed by atoms with Gasteiger partial charge in [-0.3, -0.25) is 0 Å². The summed E-state index contributed by atoms with van der Waals surface area (Å²) in [5, 5.41) is 3.62. The van der Waals surface area contributed by atoms with Gasteiger partial charge in [-0.05, 0) is 51.5 Å². The molecular formula is C14H27NO2. The molecule has 1 heterocycles. The van der Waals surface area contributed by atoms with Crippen LogP contribution in [0.1, 0.15) is 51.9 Å². The van der Waals surface area contributed by atoms with Gasteiger partial charge in [0.2, 0.25) is 0 Å². The Hall–Kier alpha value is -0.120. The predicted molar refractivity (Wildman–Crippen MR) is 69.3 cm³/mol. The third kappa shape index (κ3) is 3.01. The molecule has 0 aromatic carbocycles. The van der Waals surface area contributed by atoms with E-state index in [2.05, 4.69) is 12.2 Å². The molecule has 2 atom stereocenters. The van der Waals surface area contributed by atoms with Gasteiger partial charge in [0.1, 0.15) is 0 Å². The average Bonchev–Trinajstić information content (AvgIpc) is 2.78. The summed E-state index contributed by atoms with van der Waals surface area (Å²) in [4.78, 5) is 0. The standard InChI is InChI=1S/C14H27NO2/c1-3-15-13(14(16-2)9-5-10-14)8-7-12-6-4-11-17-12/h12-13,15H,3-11H2,1-2H3. The first-order chi connectivity index (χ1) is 8.30. The summed E-state index contributed by atoms with van der Waals surface area (Å²) in [5.74, 6) is 0. The fourth-order valence-corrected chi connectivity index (χ4v) is 3.24. The van der Waals surface area contributed by atoms with E-state index in [4.69, 9.17) is 9.47 Å². The van der Waals surface area contributed by atoms with E-state index in [1.807, 2.05) is 7.11 Å². The van der Waals surface area contributed by atoms with E-state index in [0.717, 1.165) is 13.2 Å². The van der Waals surface area contributed by atoms with Crippen molar-refractivity contribution in [1.29, 1.82) is 0 Å². The van der Waals surface area contributed by atoms with Crippen LogP contribution in [0.15, 0.2) is 0 Å². The van der Waals surface area contributed by atoms with Gasteiger partial charge < -0.3 is 14.8 Å². The topological polar surface area (TPSA) is 30.5 Å². The van der Waals surface area contributed by atoms with Crippen LogP contribution < -0.4 is 5.32 Å². The summed E-state index contributed by atoms with van der Waals surface area (Å²) >= 11 is 0. The lowest BCUT2D eigenvalue weighted by atomic mass is 9.72. The highest BCUT2D eigenvalue weighted by Gasteiger charge is 2.43. The maximum atomic E-state index is 5.80. The molecule has 0 aromatic rings. The molecule has 3 heteroatoms. The average molecular weight is 241 g/mol. The minimum absolute atomic E-state index is 0.120. The SMILES string of the molecule is CCNC(CCC1CCCO1)C1(OC)CCC1. The van der Waals surface area contributed by atoms with Gasteiger partial charge in [-0.2, -0.15) is 0 Å². The van der Waals surface area contributed by atoms with Crippen LogP contribution in [0.5, 0.6) is 0 Å². The second-order valence-corrected chi connectivity index (χ2v) is 5.45. The lowest BCUT2D eigenvalue weighted by molar-refractivity contribution is -0.101. The molecule has 3 nitrogen and oxygen atoms in total. The first-order valence-electron chi connectivity index (χ1n) is 7.21. The molecule has 2 rings (SSSR count). The van der Waals surface area contributed by atoms with Crippen LogP contribution in [0.2, 0.25) is 0 Å². The summed E-state index contributed by atoms with van der Waals surface area (Å²) in [6, 6.07) is 0.510. The van der Waals surface area contributed by atoms with Crippen molar-refractivity contribution in [2.75, 3.05) is 20.3 Å². The zero-order valence-electron chi connectivity index (χ0n) is 11.3. The quantitative estimate of drug-likeness (QED) is 0.743. The number of ether oxygens (including phenoxy) is 2. The maximum absolute atomic E-state index is 5.80. The summed E-state index contributed by atoms with van der Waals surface area (Å²) in [6.07, 6.45) is 9.11. The summed E-state index contributed by atoms with van der Waals surface area (Å²) in [5.41, 5.74) is 0.120. The van der Waals surface area contributed by atoms with E-state index in [-0.39, 0.29) is 5.60 Å². The minimum Gasteiger partial charge on any atom is -0.378 e. The van der Waals surface area contributed by atoms with Gasteiger partial charge >= 0.3 is 0 Å². The molecular weight excluding hydrogens is 214 g/mol.